The van der Waals surface area contributed by atoms with Crippen molar-refractivity contribution in [2.24, 2.45) is 0 Å². The summed E-state index contributed by atoms with van der Waals surface area (Å²) >= 11 is 5.99. The fourth-order valence-corrected chi connectivity index (χ4v) is 2.31. The number of hydrogen-bond acceptors (Lipinski definition) is 3. The highest BCUT2D eigenvalue weighted by molar-refractivity contribution is 6.34. The number of aromatic hydroxyl groups is 1. The molecule has 0 saturated heterocycles. The summed E-state index contributed by atoms with van der Waals surface area (Å²) in [4.78, 5) is 16.4. The van der Waals surface area contributed by atoms with Crippen LogP contribution in [0.3, 0.4) is 0 Å². The van der Waals surface area contributed by atoms with Crippen LogP contribution in [0.25, 0.3) is 10.8 Å². The van der Waals surface area contributed by atoms with E-state index in [9.17, 15) is 9.90 Å². The normalized spacial score (nSPS) is 10.5. The van der Waals surface area contributed by atoms with Crippen LogP contribution < -0.4 is 5.32 Å². The molecule has 1 heterocycles. The van der Waals surface area contributed by atoms with Crippen LogP contribution in [0.4, 0.5) is 5.69 Å². The van der Waals surface area contributed by atoms with Gasteiger partial charge in [0, 0.05) is 28.9 Å². The van der Waals surface area contributed by atoms with Crippen LogP contribution in [0, 0.1) is 0 Å². The number of phenols is 1. The lowest BCUT2D eigenvalue weighted by atomic mass is 10.1. The highest BCUT2D eigenvalue weighted by atomic mass is 35.5. The SMILES string of the molecule is O=C(Nc1cccc2cnccc12)c1cc(O)ccc1Cl. The summed E-state index contributed by atoms with van der Waals surface area (Å²) in [7, 11) is 0. The Labute approximate surface area is 126 Å². The van der Waals surface area contributed by atoms with E-state index in [0.717, 1.165) is 10.8 Å². The number of carbonyl (C=O) groups is 1. The number of amides is 1. The van der Waals surface area contributed by atoms with Gasteiger partial charge in [-0.25, -0.2) is 0 Å². The summed E-state index contributed by atoms with van der Waals surface area (Å²) in [5, 5.41) is 14.4. The molecule has 1 aromatic heterocycles. The van der Waals surface area contributed by atoms with Gasteiger partial charge in [-0.15, -0.1) is 0 Å². The first kappa shape index (κ1) is 13.4. The zero-order valence-electron chi connectivity index (χ0n) is 10.9. The van der Waals surface area contributed by atoms with Crippen molar-refractivity contribution in [3.63, 3.8) is 0 Å². The number of aromatic nitrogens is 1. The molecule has 0 aliphatic rings. The molecule has 2 N–H and O–H groups in total. The predicted molar refractivity (Wildman–Crippen MR) is 82.8 cm³/mol. The van der Waals surface area contributed by atoms with E-state index in [0.29, 0.717) is 5.69 Å². The van der Waals surface area contributed by atoms with Crippen molar-refractivity contribution in [1.82, 2.24) is 4.98 Å². The van der Waals surface area contributed by atoms with Gasteiger partial charge in [0.05, 0.1) is 10.6 Å². The molecular weight excluding hydrogens is 288 g/mol. The Morgan fingerprint density at radius 2 is 2.05 bits per heavy atom. The third kappa shape index (κ3) is 2.66. The fraction of sp³-hybridized carbons (Fsp3) is 0. The van der Waals surface area contributed by atoms with Crippen molar-refractivity contribution in [3.8, 4) is 5.75 Å². The number of pyridine rings is 1. The highest BCUT2D eigenvalue weighted by Gasteiger charge is 2.12. The molecule has 0 spiro atoms. The predicted octanol–water partition coefficient (Wildman–Crippen LogP) is 3.85. The topological polar surface area (TPSA) is 62.2 Å². The number of phenolic OH excluding ortho intramolecular Hbond substituents is 1. The van der Waals surface area contributed by atoms with E-state index in [4.69, 9.17) is 11.6 Å². The third-order valence-corrected chi connectivity index (χ3v) is 3.45. The Hall–Kier alpha value is -2.59. The molecule has 1 amide bonds. The second-order valence-electron chi connectivity index (χ2n) is 4.52. The number of anilines is 1. The summed E-state index contributed by atoms with van der Waals surface area (Å²) in [6, 6.07) is 11.6. The van der Waals surface area contributed by atoms with E-state index in [1.807, 2.05) is 18.2 Å². The van der Waals surface area contributed by atoms with Gasteiger partial charge in [0.25, 0.3) is 5.91 Å². The highest BCUT2D eigenvalue weighted by Crippen LogP contribution is 2.25. The van der Waals surface area contributed by atoms with Crippen LogP contribution in [0.2, 0.25) is 5.02 Å². The molecule has 104 valence electrons. The molecule has 0 bridgehead atoms. The van der Waals surface area contributed by atoms with Gasteiger partial charge in [0.15, 0.2) is 0 Å². The molecule has 2 aromatic carbocycles. The van der Waals surface area contributed by atoms with E-state index < -0.39 is 0 Å². The largest absolute Gasteiger partial charge is 0.508 e. The minimum absolute atomic E-state index is 0.00771. The molecule has 4 nitrogen and oxygen atoms in total. The van der Waals surface area contributed by atoms with Crippen molar-refractivity contribution in [2.45, 2.75) is 0 Å². The van der Waals surface area contributed by atoms with Crippen LogP contribution >= 0.6 is 11.6 Å². The van der Waals surface area contributed by atoms with E-state index >= 15 is 0 Å². The van der Waals surface area contributed by atoms with Crippen LogP contribution in [-0.4, -0.2) is 16.0 Å². The molecule has 3 rings (SSSR count). The summed E-state index contributed by atoms with van der Waals surface area (Å²) in [6.45, 7) is 0. The van der Waals surface area contributed by atoms with Gasteiger partial charge in [0.1, 0.15) is 5.75 Å². The maximum Gasteiger partial charge on any atom is 0.257 e. The zero-order chi connectivity index (χ0) is 14.8. The summed E-state index contributed by atoms with van der Waals surface area (Å²) in [6.07, 6.45) is 3.39. The quantitative estimate of drug-likeness (QED) is 0.755. The monoisotopic (exact) mass is 298 g/mol. The van der Waals surface area contributed by atoms with E-state index in [2.05, 4.69) is 10.3 Å². The zero-order valence-corrected chi connectivity index (χ0v) is 11.6. The maximum atomic E-state index is 12.3. The Bertz CT molecular complexity index is 828. The lowest BCUT2D eigenvalue weighted by molar-refractivity contribution is 0.102. The van der Waals surface area contributed by atoms with Crippen molar-refractivity contribution in [1.29, 1.82) is 0 Å². The number of halogens is 1. The molecule has 0 saturated carbocycles. The van der Waals surface area contributed by atoms with Gasteiger partial charge in [0.2, 0.25) is 0 Å². The lowest BCUT2D eigenvalue weighted by Crippen LogP contribution is -2.12. The Morgan fingerprint density at radius 3 is 2.90 bits per heavy atom. The van der Waals surface area contributed by atoms with Crippen molar-refractivity contribution in [3.05, 3.63) is 65.4 Å². The maximum absolute atomic E-state index is 12.3. The standard InChI is InChI=1S/C16H11ClN2O2/c17-14-5-4-11(20)8-13(14)16(21)19-15-3-1-2-10-9-18-7-6-12(10)15/h1-9,20H,(H,19,21). The van der Waals surface area contributed by atoms with E-state index in [1.54, 1.807) is 18.5 Å². The number of hydrogen-bond donors (Lipinski definition) is 2. The molecule has 0 fully saturated rings. The summed E-state index contributed by atoms with van der Waals surface area (Å²) < 4.78 is 0. The van der Waals surface area contributed by atoms with E-state index in [1.165, 1.54) is 18.2 Å². The van der Waals surface area contributed by atoms with Crippen molar-refractivity contribution >= 4 is 34.0 Å². The first-order valence-corrected chi connectivity index (χ1v) is 6.65. The molecule has 0 aliphatic heterocycles. The van der Waals surface area contributed by atoms with Gasteiger partial charge in [-0.3, -0.25) is 9.78 Å². The van der Waals surface area contributed by atoms with Gasteiger partial charge >= 0.3 is 0 Å². The fourth-order valence-electron chi connectivity index (χ4n) is 2.11. The van der Waals surface area contributed by atoms with E-state index in [-0.39, 0.29) is 22.2 Å². The molecule has 0 aliphatic carbocycles. The van der Waals surface area contributed by atoms with Crippen LogP contribution in [-0.2, 0) is 0 Å². The van der Waals surface area contributed by atoms with Gasteiger partial charge < -0.3 is 10.4 Å². The first-order chi connectivity index (χ1) is 10.1. The summed E-state index contributed by atoms with van der Waals surface area (Å²) in [5.74, 6) is -0.383. The van der Waals surface area contributed by atoms with Gasteiger partial charge in [-0.1, -0.05) is 23.7 Å². The molecule has 21 heavy (non-hydrogen) atoms. The molecular formula is C16H11ClN2O2. The number of carbonyl (C=O) groups excluding carboxylic acids is 1. The Balaban J connectivity index is 1.99. The third-order valence-electron chi connectivity index (χ3n) is 3.12. The first-order valence-electron chi connectivity index (χ1n) is 6.28. The minimum Gasteiger partial charge on any atom is -0.508 e. The number of nitrogens with zero attached hydrogens (tertiary/aromatic N) is 1. The van der Waals surface area contributed by atoms with Crippen LogP contribution in [0.1, 0.15) is 10.4 Å². The van der Waals surface area contributed by atoms with Gasteiger partial charge in [-0.05, 0) is 30.3 Å². The van der Waals surface area contributed by atoms with Gasteiger partial charge in [-0.2, -0.15) is 0 Å². The number of nitrogens with one attached hydrogen (secondary N) is 1. The molecule has 0 atom stereocenters. The Kier molecular flexibility index (Phi) is 3.46. The van der Waals surface area contributed by atoms with Crippen molar-refractivity contribution in [2.75, 3.05) is 5.32 Å². The molecule has 5 heteroatoms. The number of rotatable bonds is 2. The Morgan fingerprint density at radius 1 is 1.19 bits per heavy atom. The minimum atomic E-state index is -0.375. The molecule has 0 unspecified atom stereocenters. The average Bonchev–Trinajstić information content (AvgIpc) is 2.50. The number of benzene rings is 2. The van der Waals surface area contributed by atoms with Crippen LogP contribution in [0.15, 0.2) is 54.9 Å². The summed E-state index contributed by atoms with van der Waals surface area (Å²) in [5.41, 5.74) is 0.891. The second kappa shape index (κ2) is 5.42. The molecule has 0 radical (unpaired) electrons. The lowest BCUT2D eigenvalue weighted by Gasteiger charge is -2.09. The second-order valence-corrected chi connectivity index (χ2v) is 4.93. The van der Waals surface area contributed by atoms with Crippen molar-refractivity contribution < 1.29 is 9.90 Å². The van der Waals surface area contributed by atoms with Crippen LogP contribution in [0.5, 0.6) is 5.75 Å². The molecule has 3 aromatic rings. The smallest absolute Gasteiger partial charge is 0.257 e. The average molecular weight is 299 g/mol. The number of fused-ring (bicyclic) bond motifs is 1.